The second-order valence-electron chi connectivity index (χ2n) is 0.873. The Morgan fingerprint density at radius 3 is 2.00 bits per heavy atom. The van der Waals surface area contributed by atoms with Gasteiger partial charge in [0.15, 0.2) is 0 Å². The van der Waals surface area contributed by atoms with E-state index >= 15 is 0 Å². The Morgan fingerprint density at radius 1 is 1.57 bits per heavy atom. The van der Waals surface area contributed by atoms with Gasteiger partial charge in [-0.05, 0) is 0 Å². The molecule has 0 spiro atoms. The summed E-state index contributed by atoms with van der Waals surface area (Å²) in [7, 11) is 0. The fourth-order valence-electron chi connectivity index (χ4n) is 0.0617. The summed E-state index contributed by atoms with van der Waals surface area (Å²) >= 11 is 1.45. The second kappa shape index (κ2) is 2.91. The number of hydrogen-bond donors (Lipinski definition) is 1. The van der Waals surface area contributed by atoms with Crippen LogP contribution in [-0.4, -0.2) is 16.9 Å². The van der Waals surface area contributed by atoms with Crippen LogP contribution in [0.25, 0.3) is 0 Å². The summed E-state index contributed by atoms with van der Waals surface area (Å²) in [6.45, 7) is 0. The first-order valence-electron chi connectivity index (χ1n) is 1.52. The molecule has 0 aromatic heterocycles. The molecule has 0 saturated carbocycles. The minimum absolute atomic E-state index is 0.0887. The topological polar surface area (TPSA) is 54.4 Å². The summed E-state index contributed by atoms with van der Waals surface area (Å²) in [5, 5.41) is 7.83. The zero-order chi connectivity index (χ0) is 5.86. The zero-order valence-corrected chi connectivity index (χ0v) is 5.39. The molecule has 7 heavy (non-hydrogen) atoms. The molecule has 0 aromatic rings. The van der Waals surface area contributed by atoms with Gasteiger partial charge in [-0.15, -0.1) is 0 Å². The number of Topliss-reactive ketones (excluding diaryl/α,β-unsaturated/α-hetero) is 1. The zero-order valence-electron chi connectivity index (χ0n) is 3.38. The van der Waals surface area contributed by atoms with Crippen molar-refractivity contribution in [3.05, 3.63) is 0 Å². The second-order valence-corrected chi connectivity index (χ2v) is 1.58. The van der Waals surface area contributed by atoms with E-state index in [1.165, 1.54) is 19.8 Å². The summed E-state index contributed by atoms with van der Waals surface area (Å²) in [6.07, 6.45) is 0. The van der Waals surface area contributed by atoms with Crippen molar-refractivity contribution in [1.29, 1.82) is 0 Å². The molecule has 0 atom stereocenters. The standard InChI is InChI=1S/C3H3O3.Mo/c1-2(4)3(5)6;/h1H2,(H,5,6);. The number of carboxylic acids is 1. The quantitative estimate of drug-likeness (QED) is 0.468. The third-order valence-corrected chi connectivity index (χ3v) is 1.01. The van der Waals surface area contributed by atoms with Crippen LogP contribution in [0.3, 0.4) is 0 Å². The first-order chi connectivity index (χ1) is 3.18. The summed E-state index contributed by atoms with van der Waals surface area (Å²) in [4.78, 5) is 19.6. The van der Waals surface area contributed by atoms with Crippen LogP contribution in [0.5, 0.6) is 0 Å². The van der Waals surface area contributed by atoms with Gasteiger partial charge in [0.2, 0.25) is 0 Å². The van der Waals surface area contributed by atoms with Crippen LogP contribution < -0.4 is 0 Å². The number of rotatable bonds is 2. The summed E-state index contributed by atoms with van der Waals surface area (Å²) in [6, 6.07) is 0. The SMILES string of the molecule is O=C(O)C(=O)[CH2][Mo]. The Hall–Kier alpha value is -0.172. The van der Waals surface area contributed by atoms with Crippen LogP contribution in [0.2, 0.25) is 4.81 Å². The maximum atomic E-state index is 9.91. The van der Waals surface area contributed by atoms with Gasteiger partial charge in [0.05, 0.1) is 0 Å². The fourth-order valence-corrected chi connectivity index (χ4v) is 0.365. The van der Waals surface area contributed by atoms with Gasteiger partial charge in [-0.25, -0.2) is 0 Å². The van der Waals surface area contributed by atoms with Crippen molar-refractivity contribution < 1.29 is 34.5 Å². The van der Waals surface area contributed by atoms with Crippen molar-refractivity contribution in [1.82, 2.24) is 0 Å². The molecule has 0 radical (unpaired) electrons. The first-order valence-corrected chi connectivity index (χ1v) is 2.94. The maximum absolute atomic E-state index is 9.91. The van der Waals surface area contributed by atoms with E-state index in [0.29, 0.717) is 0 Å². The molecule has 0 rings (SSSR count). The Kier molecular flexibility index (Phi) is 2.84. The minimum atomic E-state index is -1.34. The number of carbonyl (C=O) groups excluding carboxylic acids is 1. The van der Waals surface area contributed by atoms with E-state index < -0.39 is 11.8 Å². The average molecular weight is 183 g/mol. The molecule has 0 fully saturated rings. The third kappa shape index (κ3) is 2.51. The van der Waals surface area contributed by atoms with Crippen molar-refractivity contribution in [2.45, 2.75) is 4.81 Å². The molecule has 0 bridgehead atoms. The van der Waals surface area contributed by atoms with Gasteiger partial charge in [0.1, 0.15) is 0 Å². The Labute approximate surface area is 51.6 Å². The van der Waals surface area contributed by atoms with Gasteiger partial charge in [-0.2, -0.15) is 0 Å². The number of carboxylic acid groups (broad SMARTS) is 1. The van der Waals surface area contributed by atoms with E-state index in [1.54, 1.807) is 0 Å². The monoisotopic (exact) mass is 185 g/mol. The number of ketones is 1. The van der Waals surface area contributed by atoms with Gasteiger partial charge in [0, 0.05) is 0 Å². The molecule has 0 amide bonds. The predicted molar refractivity (Wildman–Crippen MR) is 17.4 cm³/mol. The van der Waals surface area contributed by atoms with Crippen LogP contribution >= 0.6 is 0 Å². The van der Waals surface area contributed by atoms with E-state index in [0.717, 1.165) is 0 Å². The molecule has 39 valence electrons. The first kappa shape index (κ1) is 6.83. The van der Waals surface area contributed by atoms with E-state index in [4.69, 9.17) is 5.11 Å². The van der Waals surface area contributed by atoms with E-state index in [9.17, 15) is 9.59 Å². The van der Waals surface area contributed by atoms with Gasteiger partial charge in [0.25, 0.3) is 0 Å². The molecular formula is C3H3MoO3. The molecule has 3 nitrogen and oxygen atoms in total. The molecule has 0 aromatic carbocycles. The van der Waals surface area contributed by atoms with Gasteiger partial charge in [-0.3, -0.25) is 0 Å². The molecule has 0 heterocycles. The normalized spacial score (nSPS) is 8.00. The third-order valence-electron chi connectivity index (χ3n) is 0.370. The Balaban J connectivity index is 3.58. The molecule has 0 aliphatic heterocycles. The van der Waals surface area contributed by atoms with Gasteiger partial charge < -0.3 is 0 Å². The molecular weight excluding hydrogens is 180 g/mol. The van der Waals surface area contributed by atoms with Crippen molar-refractivity contribution in [3.8, 4) is 0 Å². The molecule has 0 saturated heterocycles. The summed E-state index contributed by atoms with van der Waals surface area (Å²) in [5.74, 6) is -2.07. The Bertz CT molecular complexity index is 98.4. The number of aliphatic carboxylic acids is 1. The van der Waals surface area contributed by atoms with Gasteiger partial charge in [-0.1, -0.05) is 0 Å². The van der Waals surface area contributed by atoms with Crippen LogP contribution in [-0.2, 0) is 29.4 Å². The van der Waals surface area contributed by atoms with Crippen molar-refractivity contribution in [2.75, 3.05) is 0 Å². The summed E-state index contributed by atoms with van der Waals surface area (Å²) < 4.78 is 0. The molecule has 4 heteroatoms. The van der Waals surface area contributed by atoms with E-state index in [2.05, 4.69) is 0 Å². The number of hydrogen-bond acceptors (Lipinski definition) is 2. The molecule has 1 N–H and O–H groups in total. The van der Waals surface area contributed by atoms with Crippen molar-refractivity contribution in [2.24, 2.45) is 0 Å². The van der Waals surface area contributed by atoms with E-state index in [-0.39, 0.29) is 4.81 Å². The van der Waals surface area contributed by atoms with Gasteiger partial charge >= 0.3 is 51.1 Å². The van der Waals surface area contributed by atoms with Crippen LogP contribution in [0.4, 0.5) is 0 Å². The van der Waals surface area contributed by atoms with Crippen LogP contribution in [0.1, 0.15) is 0 Å². The van der Waals surface area contributed by atoms with Crippen molar-refractivity contribution >= 4 is 11.8 Å². The van der Waals surface area contributed by atoms with E-state index in [1.807, 2.05) is 0 Å². The predicted octanol–water partition coefficient (Wildman–Crippen LogP) is -0.395. The van der Waals surface area contributed by atoms with Crippen molar-refractivity contribution in [3.63, 3.8) is 0 Å². The molecule has 0 unspecified atom stereocenters. The van der Waals surface area contributed by atoms with Crippen LogP contribution in [0.15, 0.2) is 0 Å². The number of carbonyl (C=O) groups is 2. The molecule has 0 aliphatic rings. The molecule has 0 aliphatic carbocycles. The van der Waals surface area contributed by atoms with Crippen LogP contribution in [0, 0.1) is 0 Å². The Morgan fingerprint density at radius 2 is 2.00 bits per heavy atom. The average Bonchev–Trinajstić information content (AvgIpc) is 1.65. The summed E-state index contributed by atoms with van der Waals surface area (Å²) in [5.41, 5.74) is 0. The fraction of sp³-hybridized carbons (Fsp3) is 0.333.